The quantitative estimate of drug-likeness (QED) is 0.805. The normalized spacial score (nSPS) is 17.9. The van der Waals surface area contributed by atoms with E-state index in [1.165, 1.54) is 6.26 Å². The largest absolute Gasteiger partial charge is 0.459 e. The average Bonchev–Trinajstić information content (AvgIpc) is 3.28. The molecule has 0 N–H and O–H groups in total. The summed E-state index contributed by atoms with van der Waals surface area (Å²) >= 11 is 0. The van der Waals surface area contributed by atoms with Crippen LogP contribution in [0.2, 0.25) is 0 Å². The van der Waals surface area contributed by atoms with Crippen LogP contribution < -0.4 is 4.90 Å². The highest BCUT2D eigenvalue weighted by molar-refractivity contribution is 5.95. The molecular formula is C19H22N4O4. The number of hydrogen-bond donors (Lipinski definition) is 0. The summed E-state index contributed by atoms with van der Waals surface area (Å²) in [6.45, 7) is 4.93. The molecule has 2 aromatic heterocycles. The Kier molecular flexibility index (Phi) is 5.06. The molecule has 0 spiro atoms. The molecule has 2 amide bonds. The van der Waals surface area contributed by atoms with E-state index in [2.05, 4.69) is 9.88 Å². The number of aromatic nitrogens is 1. The number of carbonyl (C=O) groups excluding carboxylic acids is 2. The van der Waals surface area contributed by atoms with Crippen molar-refractivity contribution >= 4 is 17.5 Å². The number of rotatable bonds is 3. The summed E-state index contributed by atoms with van der Waals surface area (Å²) in [5.74, 6) is 0.261. The Bertz CT molecular complexity index is 794. The minimum absolute atomic E-state index is 0.0146. The molecule has 2 aliphatic rings. The van der Waals surface area contributed by atoms with E-state index in [1.807, 2.05) is 6.07 Å². The molecule has 0 aromatic carbocycles. The zero-order valence-electron chi connectivity index (χ0n) is 15.0. The van der Waals surface area contributed by atoms with E-state index in [-0.39, 0.29) is 11.8 Å². The molecule has 0 radical (unpaired) electrons. The number of morpholine rings is 1. The monoisotopic (exact) mass is 370 g/mol. The number of ether oxygens (including phenoxy) is 1. The third kappa shape index (κ3) is 3.80. The van der Waals surface area contributed by atoms with Gasteiger partial charge in [0.05, 0.1) is 36.9 Å². The Morgan fingerprint density at radius 1 is 0.926 bits per heavy atom. The fourth-order valence-corrected chi connectivity index (χ4v) is 3.39. The number of amides is 2. The number of furan rings is 1. The third-order valence-electron chi connectivity index (χ3n) is 4.93. The highest BCUT2D eigenvalue weighted by Crippen LogP contribution is 2.19. The second kappa shape index (κ2) is 7.79. The number of hydrogen-bond acceptors (Lipinski definition) is 6. The minimum Gasteiger partial charge on any atom is -0.459 e. The number of carbonyl (C=O) groups is 2. The van der Waals surface area contributed by atoms with Crippen LogP contribution >= 0.6 is 0 Å². The van der Waals surface area contributed by atoms with Gasteiger partial charge in [0.15, 0.2) is 5.76 Å². The topological polar surface area (TPSA) is 79.1 Å². The summed E-state index contributed by atoms with van der Waals surface area (Å²) in [6, 6.07) is 5.28. The van der Waals surface area contributed by atoms with Gasteiger partial charge in [-0.2, -0.15) is 0 Å². The van der Waals surface area contributed by atoms with Crippen molar-refractivity contribution in [1.82, 2.24) is 14.8 Å². The molecule has 4 heterocycles. The lowest BCUT2D eigenvalue weighted by molar-refractivity contribution is 0.0302. The van der Waals surface area contributed by atoms with E-state index in [0.29, 0.717) is 63.8 Å². The van der Waals surface area contributed by atoms with Crippen molar-refractivity contribution < 1.29 is 18.7 Å². The van der Waals surface area contributed by atoms with Gasteiger partial charge in [-0.25, -0.2) is 0 Å². The number of pyridine rings is 1. The molecule has 27 heavy (non-hydrogen) atoms. The fraction of sp³-hybridized carbons (Fsp3) is 0.421. The molecule has 142 valence electrons. The molecule has 0 saturated carbocycles. The van der Waals surface area contributed by atoms with E-state index in [1.54, 1.807) is 34.3 Å². The summed E-state index contributed by atoms with van der Waals surface area (Å²) < 4.78 is 10.5. The molecule has 2 aromatic rings. The number of anilines is 1. The van der Waals surface area contributed by atoms with Gasteiger partial charge < -0.3 is 23.9 Å². The SMILES string of the molecule is O=C(c1cncc(N2CCN(C(=O)c3ccco3)CC2)c1)N1CCOCC1. The lowest BCUT2D eigenvalue weighted by Crippen LogP contribution is -2.48. The minimum atomic E-state index is -0.0889. The molecule has 2 aliphatic heterocycles. The van der Waals surface area contributed by atoms with E-state index in [4.69, 9.17) is 9.15 Å². The molecule has 4 rings (SSSR count). The first-order chi connectivity index (χ1) is 13.2. The van der Waals surface area contributed by atoms with Gasteiger partial charge >= 0.3 is 0 Å². The van der Waals surface area contributed by atoms with Gasteiger partial charge in [0.25, 0.3) is 11.8 Å². The summed E-state index contributed by atoms with van der Waals surface area (Å²) in [7, 11) is 0. The van der Waals surface area contributed by atoms with Crippen molar-refractivity contribution in [2.75, 3.05) is 57.4 Å². The van der Waals surface area contributed by atoms with Gasteiger partial charge in [0.2, 0.25) is 0 Å². The van der Waals surface area contributed by atoms with Gasteiger partial charge in [-0.3, -0.25) is 14.6 Å². The van der Waals surface area contributed by atoms with Gasteiger partial charge in [-0.05, 0) is 18.2 Å². The average molecular weight is 370 g/mol. The van der Waals surface area contributed by atoms with Gasteiger partial charge in [-0.15, -0.1) is 0 Å². The van der Waals surface area contributed by atoms with Crippen LogP contribution in [-0.2, 0) is 4.74 Å². The summed E-state index contributed by atoms with van der Waals surface area (Å²) in [4.78, 5) is 35.0. The zero-order valence-corrected chi connectivity index (χ0v) is 15.0. The first kappa shape index (κ1) is 17.5. The second-order valence-corrected chi connectivity index (χ2v) is 6.59. The molecule has 0 aliphatic carbocycles. The van der Waals surface area contributed by atoms with Crippen LogP contribution in [0.25, 0.3) is 0 Å². The molecular weight excluding hydrogens is 348 g/mol. The molecule has 2 fully saturated rings. The fourth-order valence-electron chi connectivity index (χ4n) is 3.39. The number of nitrogens with zero attached hydrogens (tertiary/aromatic N) is 4. The van der Waals surface area contributed by atoms with Crippen LogP contribution in [0.4, 0.5) is 5.69 Å². The number of piperazine rings is 1. The van der Waals surface area contributed by atoms with Crippen molar-refractivity contribution in [3.05, 3.63) is 48.2 Å². The standard InChI is InChI=1S/C19H22N4O4/c24-18(23-7-10-26-11-8-23)15-12-16(14-20-13-15)21-3-5-22(6-4-21)19(25)17-2-1-9-27-17/h1-2,9,12-14H,3-8,10-11H2. The van der Waals surface area contributed by atoms with E-state index in [0.717, 1.165) is 5.69 Å². The third-order valence-corrected chi connectivity index (χ3v) is 4.93. The molecule has 2 saturated heterocycles. The predicted molar refractivity (Wildman–Crippen MR) is 97.8 cm³/mol. The van der Waals surface area contributed by atoms with Gasteiger partial charge in [0.1, 0.15) is 0 Å². The highest BCUT2D eigenvalue weighted by Gasteiger charge is 2.25. The van der Waals surface area contributed by atoms with E-state index in [9.17, 15) is 9.59 Å². The Hall–Kier alpha value is -2.87. The molecule has 0 unspecified atom stereocenters. The lowest BCUT2D eigenvalue weighted by atomic mass is 10.2. The van der Waals surface area contributed by atoms with Crippen LogP contribution in [-0.4, -0.2) is 79.1 Å². The Labute approximate surface area is 157 Å². The van der Waals surface area contributed by atoms with Crippen molar-refractivity contribution in [3.8, 4) is 0 Å². The Morgan fingerprint density at radius 2 is 1.67 bits per heavy atom. The Balaban J connectivity index is 1.40. The van der Waals surface area contributed by atoms with Crippen molar-refractivity contribution in [3.63, 3.8) is 0 Å². The maximum atomic E-state index is 12.7. The van der Waals surface area contributed by atoms with E-state index < -0.39 is 0 Å². The van der Waals surface area contributed by atoms with Crippen LogP contribution in [0.1, 0.15) is 20.9 Å². The smallest absolute Gasteiger partial charge is 0.289 e. The maximum absolute atomic E-state index is 12.7. The maximum Gasteiger partial charge on any atom is 0.289 e. The van der Waals surface area contributed by atoms with Gasteiger partial charge in [0, 0.05) is 45.5 Å². The second-order valence-electron chi connectivity index (χ2n) is 6.59. The van der Waals surface area contributed by atoms with E-state index >= 15 is 0 Å². The molecule has 8 heteroatoms. The molecule has 0 bridgehead atoms. The van der Waals surface area contributed by atoms with Crippen molar-refractivity contribution in [2.24, 2.45) is 0 Å². The summed E-state index contributed by atoms with van der Waals surface area (Å²) in [5.41, 5.74) is 1.49. The van der Waals surface area contributed by atoms with Crippen LogP contribution in [0.3, 0.4) is 0 Å². The lowest BCUT2D eigenvalue weighted by Gasteiger charge is -2.35. The van der Waals surface area contributed by atoms with Crippen LogP contribution in [0.5, 0.6) is 0 Å². The predicted octanol–water partition coefficient (Wildman–Crippen LogP) is 1.11. The van der Waals surface area contributed by atoms with Crippen LogP contribution in [0.15, 0.2) is 41.3 Å². The van der Waals surface area contributed by atoms with Crippen LogP contribution in [0, 0.1) is 0 Å². The summed E-state index contributed by atoms with van der Waals surface area (Å²) in [6.07, 6.45) is 4.88. The molecule has 8 nitrogen and oxygen atoms in total. The van der Waals surface area contributed by atoms with Gasteiger partial charge in [-0.1, -0.05) is 0 Å². The highest BCUT2D eigenvalue weighted by atomic mass is 16.5. The first-order valence-electron chi connectivity index (χ1n) is 9.12. The first-order valence-corrected chi connectivity index (χ1v) is 9.12. The zero-order chi connectivity index (χ0) is 18.6. The molecule has 0 atom stereocenters. The van der Waals surface area contributed by atoms with Crippen molar-refractivity contribution in [2.45, 2.75) is 0 Å². The summed E-state index contributed by atoms with van der Waals surface area (Å²) in [5, 5.41) is 0. The Morgan fingerprint density at radius 3 is 2.37 bits per heavy atom. The van der Waals surface area contributed by atoms with Crippen molar-refractivity contribution in [1.29, 1.82) is 0 Å².